The highest BCUT2D eigenvalue weighted by Gasteiger charge is 2.13. The lowest BCUT2D eigenvalue weighted by Gasteiger charge is -2.25. The van der Waals surface area contributed by atoms with Gasteiger partial charge < -0.3 is 10.2 Å². The van der Waals surface area contributed by atoms with Crippen LogP contribution in [-0.2, 0) is 6.54 Å². The van der Waals surface area contributed by atoms with Gasteiger partial charge in [0.05, 0.1) is 0 Å². The number of rotatable bonds is 6. The number of halogens is 1. The van der Waals surface area contributed by atoms with Gasteiger partial charge in [-0.25, -0.2) is 4.39 Å². The van der Waals surface area contributed by atoms with Crippen LogP contribution in [0.15, 0.2) is 48.5 Å². The molecule has 0 aliphatic heterocycles. The zero-order valence-electron chi connectivity index (χ0n) is 12.9. The van der Waals surface area contributed by atoms with Gasteiger partial charge in [0.2, 0.25) is 0 Å². The SMILES string of the molecule is Cc1ccc(F)cc1CNCC(c1ccccc1)N(C)C. The third-order valence-corrected chi connectivity index (χ3v) is 3.77. The van der Waals surface area contributed by atoms with Gasteiger partial charge in [0, 0.05) is 19.1 Å². The Morgan fingerprint density at radius 1 is 1.10 bits per heavy atom. The van der Waals surface area contributed by atoms with E-state index in [0.717, 1.165) is 17.7 Å². The first-order chi connectivity index (χ1) is 10.1. The molecule has 0 aromatic heterocycles. The van der Waals surface area contributed by atoms with E-state index in [2.05, 4.69) is 48.6 Å². The van der Waals surface area contributed by atoms with Crippen molar-refractivity contribution in [2.75, 3.05) is 20.6 Å². The van der Waals surface area contributed by atoms with Gasteiger partial charge in [-0.3, -0.25) is 0 Å². The summed E-state index contributed by atoms with van der Waals surface area (Å²) in [6.07, 6.45) is 0. The minimum Gasteiger partial charge on any atom is -0.311 e. The smallest absolute Gasteiger partial charge is 0.123 e. The molecule has 0 fully saturated rings. The molecule has 0 aliphatic rings. The van der Waals surface area contributed by atoms with E-state index in [9.17, 15) is 4.39 Å². The molecule has 0 radical (unpaired) electrons. The predicted octanol–water partition coefficient (Wildman–Crippen LogP) is 3.53. The Labute approximate surface area is 126 Å². The maximum atomic E-state index is 13.3. The van der Waals surface area contributed by atoms with E-state index in [1.807, 2.05) is 19.1 Å². The summed E-state index contributed by atoms with van der Waals surface area (Å²) >= 11 is 0. The maximum absolute atomic E-state index is 13.3. The molecule has 1 unspecified atom stereocenters. The standard InChI is InChI=1S/C18H23FN2/c1-14-9-10-17(19)11-16(14)12-20-13-18(21(2)3)15-7-5-4-6-8-15/h4-11,18,20H,12-13H2,1-3H3. The molecule has 2 aromatic carbocycles. The molecule has 2 rings (SSSR count). The van der Waals surface area contributed by atoms with Crippen LogP contribution in [0.3, 0.4) is 0 Å². The van der Waals surface area contributed by atoms with Crippen LogP contribution < -0.4 is 5.32 Å². The van der Waals surface area contributed by atoms with Crippen molar-refractivity contribution in [2.45, 2.75) is 19.5 Å². The molecule has 0 bridgehead atoms. The molecule has 0 aliphatic carbocycles. The summed E-state index contributed by atoms with van der Waals surface area (Å²) in [5.74, 6) is -0.176. The van der Waals surface area contributed by atoms with E-state index < -0.39 is 0 Å². The van der Waals surface area contributed by atoms with Crippen molar-refractivity contribution in [3.05, 3.63) is 71.0 Å². The van der Waals surface area contributed by atoms with Crippen LogP contribution in [-0.4, -0.2) is 25.5 Å². The fraction of sp³-hybridized carbons (Fsp3) is 0.333. The number of nitrogens with one attached hydrogen (secondary N) is 1. The molecule has 112 valence electrons. The maximum Gasteiger partial charge on any atom is 0.123 e. The zero-order valence-corrected chi connectivity index (χ0v) is 12.9. The molecular weight excluding hydrogens is 263 g/mol. The van der Waals surface area contributed by atoms with Crippen molar-refractivity contribution in [1.29, 1.82) is 0 Å². The molecule has 21 heavy (non-hydrogen) atoms. The minimum absolute atomic E-state index is 0.176. The molecular formula is C18H23FN2. The fourth-order valence-corrected chi connectivity index (χ4v) is 2.45. The van der Waals surface area contributed by atoms with Crippen molar-refractivity contribution in [3.63, 3.8) is 0 Å². The van der Waals surface area contributed by atoms with Crippen LogP contribution in [0.2, 0.25) is 0 Å². The average Bonchev–Trinajstić information content (AvgIpc) is 2.47. The Bertz CT molecular complexity index is 567. The van der Waals surface area contributed by atoms with Crippen LogP contribution in [0.4, 0.5) is 4.39 Å². The van der Waals surface area contributed by atoms with Crippen molar-refractivity contribution >= 4 is 0 Å². The van der Waals surface area contributed by atoms with E-state index in [-0.39, 0.29) is 5.82 Å². The zero-order chi connectivity index (χ0) is 15.2. The summed E-state index contributed by atoms with van der Waals surface area (Å²) in [5, 5.41) is 3.44. The third-order valence-electron chi connectivity index (χ3n) is 3.77. The van der Waals surface area contributed by atoms with Crippen LogP contribution in [0, 0.1) is 12.7 Å². The number of likely N-dealkylation sites (N-methyl/N-ethyl adjacent to an activating group) is 1. The summed E-state index contributed by atoms with van der Waals surface area (Å²) < 4.78 is 13.3. The lowest BCUT2D eigenvalue weighted by Crippen LogP contribution is -2.31. The first-order valence-corrected chi connectivity index (χ1v) is 7.25. The Balaban J connectivity index is 1.98. The van der Waals surface area contributed by atoms with Gasteiger partial charge in [-0.2, -0.15) is 0 Å². The number of benzene rings is 2. The fourth-order valence-electron chi connectivity index (χ4n) is 2.45. The second-order valence-electron chi connectivity index (χ2n) is 5.59. The second-order valence-corrected chi connectivity index (χ2v) is 5.59. The Hall–Kier alpha value is -1.71. The van der Waals surface area contributed by atoms with Crippen LogP contribution >= 0.6 is 0 Å². The quantitative estimate of drug-likeness (QED) is 0.874. The highest BCUT2D eigenvalue weighted by atomic mass is 19.1. The Morgan fingerprint density at radius 2 is 1.81 bits per heavy atom. The first-order valence-electron chi connectivity index (χ1n) is 7.25. The van der Waals surface area contributed by atoms with Crippen LogP contribution in [0.5, 0.6) is 0 Å². The topological polar surface area (TPSA) is 15.3 Å². The molecule has 3 heteroatoms. The van der Waals surface area contributed by atoms with Crippen molar-refractivity contribution in [3.8, 4) is 0 Å². The van der Waals surface area contributed by atoms with Crippen molar-refractivity contribution < 1.29 is 4.39 Å². The Kier molecular flexibility index (Phi) is 5.48. The highest BCUT2D eigenvalue weighted by Crippen LogP contribution is 2.17. The van der Waals surface area contributed by atoms with E-state index in [0.29, 0.717) is 12.6 Å². The first kappa shape index (κ1) is 15.7. The molecule has 1 atom stereocenters. The van der Waals surface area contributed by atoms with Crippen molar-refractivity contribution in [2.24, 2.45) is 0 Å². The number of hydrogen-bond donors (Lipinski definition) is 1. The highest BCUT2D eigenvalue weighted by molar-refractivity contribution is 5.26. The summed E-state index contributed by atoms with van der Waals surface area (Å²) in [7, 11) is 4.15. The van der Waals surface area contributed by atoms with E-state index in [1.54, 1.807) is 6.07 Å². The third kappa shape index (κ3) is 4.38. The van der Waals surface area contributed by atoms with Gasteiger partial charge in [-0.05, 0) is 49.8 Å². The molecule has 1 N–H and O–H groups in total. The average molecular weight is 286 g/mol. The largest absolute Gasteiger partial charge is 0.311 e. The Morgan fingerprint density at radius 3 is 2.48 bits per heavy atom. The van der Waals surface area contributed by atoms with E-state index in [1.165, 1.54) is 11.6 Å². The van der Waals surface area contributed by atoms with Gasteiger partial charge in [0.25, 0.3) is 0 Å². The molecule has 0 saturated carbocycles. The summed E-state index contributed by atoms with van der Waals surface area (Å²) in [4.78, 5) is 2.20. The van der Waals surface area contributed by atoms with Crippen LogP contribution in [0.1, 0.15) is 22.7 Å². The van der Waals surface area contributed by atoms with E-state index >= 15 is 0 Å². The summed E-state index contributed by atoms with van der Waals surface area (Å²) in [6, 6.07) is 15.7. The van der Waals surface area contributed by atoms with Gasteiger partial charge in [0.15, 0.2) is 0 Å². The number of aryl methyl sites for hydroxylation is 1. The molecule has 0 amide bonds. The molecule has 0 heterocycles. The van der Waals surface area contributed by atoms with Crippen molar-refractivity contribution in [1.82, 2.24) is 10.2 Å². The lowest BCUT2D eigenvalue weighted by atomic mass is 10.1. The van der Waals surface area contributed by atoms with Gasteiger partial charge in [-0.1, -0.05) is 36.4 Å². The van der Waals surface area contributed by atoms with Gasteiger partial charge >= 0.3 is 0 Å². The monoisotopic (exact) mass is 286 g/mol. The lowest BCUT2D eigenvalue weighted by molar-refractivity contribution is 0.288. The molecule has 2 nitrogen and oxygen atoms in total. The number of hydrogen-bond acceptors (Lipinski definition) is 2. The summed E-state index contributed by atoms with van der Waals surface area (Å²) in [5.41, 5.74) is 3.41. The molecule has 0 spiro atoms. The molecule has 0 saturated heterocycles. The van der Waals surface area contributed by atoms with Gasteiger partial charge in [0.1, 0.15) is 5.82 Å². The summed E-state index contributed by atoms with van der Waals surface area (Å²) in [6.45, 7) is 3.52. The van der Waals surface area contributed by atoms with Crippen LogP contribution in [0.25, 0.3) is 0 Å². The minimum atomic E-state index is -0.176. The second kappa shape index (κ2) is 7.34. The normalized spacial score (nSPS) is 12.6. The van der Waals surface area contributed by atoms with Gasteiger partial charge in [-0.15, -0.1) is 0 Å². The van der Waals surface area contributed by atoms with E-state index in [4.69, 9.17) is 0 Å². The molecule has 2 aromatic rings. The number of nitrogens with zero attached hydrogens (tertiary/aromatic N) is 1. The predicted molar refractivity (Wildman–Crippen MR) is 85.7 cm³/mol.